The van der Waals surface area contributed by atoms with Crippen molar-refractivity contribution in [2.45, 2.75) is 18.9 Å². The molecule has 1 N–H and O–H groups in total. The maximum Gasteiger partial charge on any atom is 0.269 e. The maximum atomic E-state index is 10.6. The zero-order valence-corrected chi connectivity index (χ0v) is 10.9. The molecule has 2 rings (SSSR count). The molecule has 0 bridgehead atoms. The molecule has 1 fully saturated rings. The molecule has 0 spiro atoms. The van der Waals surface area contributed by atoms with E-state index in [0.29, 0.717) is 25.9 Å². The fourth-order valence-corrected chi connectivity index (χ4v) is 2.28. The van der Waals surface area contributed by atoms with E-state index < -0.39 is 4.92 Å². The van der Waals surface area contributed by atoms with Crippen LogP contribution in [0.1, 0.15) is 18.4 Å². The van der Waals surface area contributed by atoms with Crippen molar-refractivity contribution in [2.24, 2.45) is 0 Å². The Hall–Kier alpha value is -2.39. The molecule has 0 aliphatic carbocycles. The molecule has 1 aromatic carbocycles. The highest BCUT2D eigenvalue weighted by Crippen LogP contribution is 2.25. The first-order chi connectivity index (χ1) is 9.61. The van der Waals surface area contributed by atoms with Crippen LogP contribution in [-0.4, -0.2) is 34.1 Å². The lowest BCUT2D eigenvalue weighted by Crippen LogP contribution is -2.34. The van der Waals surface area contributed by atoms with Crippen LogP contribution in [0.3, 0.4) is 0 Å². The highest BCUT2D eigenvalue weighted by atomic mass is 16.6. The van der Waals surface area contributed by atoms with Crippen LogP contribution in [0.5, 0.6) is 0 Å². The van der Waals surface area contributed by atoms with Gasteiger partial charge in [-0.3, -0.25) is 10.1 Å². The number of non-ortho nitro benzene ring substituents is 1. The minimum atomic E-state index is -0.450. The van der Waals surface area contributed by atoms with Gasteiger partial charge in [0.2, 0.25) is 0 Å². The van der Waals surface area contributed by atoms with Crippen LogP contribution in [0, 0.1) is 21.4 Å². The van der Waals surface area contributed by atoms with Crippen LogP contribution in [0.2, 0.25) is 0 Å². The first kappa shape index (κ1) is 14.0. The minimum absolute atomic E-state index is 0.0270. The minimum Gasteiger partial charge on any atom is -0.393 e. The molecule has 1 aliphatic heterocycles. The predicted molar refractivity (Wildman–Crippen MR) is 73.5 cm³/mol. The van der Waals surface area contributed by atoms with E-state index in [9.17, 15) is 15.2 Å². The van der Waals surface area contributed by atoms with Crippen molar-refractivity contribution < 1.29 is 10.0 Å². The summed E-state index contributed by atoms with van der Waals surface area (Å²) in [7, 11) is 0. The number of likely N-dealkylation sites (tertiary alicyclic amines) is 1. The third-order valence-corrected chi connectivity index (χ3v) is 3.38. The topological polar surface area (TPSA) is 90.4 Å². The van der Waals surface area contributed by atoms with E-state index in [1.165, 1.54) is 18.2 Å². The van der Waals surface area contributed by atoms with Crippen molar-refractivity contribution in [1.29, 1.82) is 5.26 Å². The standard InChI is InChI=1S/C14H15N3O3/c15-8-5-14(16-9-6-13(18)7-10-16)11-1-3-12(4-2-11)17(19)20/h1-5,13,18H,6-7,9-10H2/b14-5+. The summed E-state index contributed by atoms with van der Waals surface area (Å²) in [5.41, 5.74) is 1.54. The van der Waals surface area contributed by atoms with E-state index in [-0.39, 0.29) is 11.8 Å². The molecule has 0 saturated carbocycles. The number of hydrogen-bond donors (Lipinski definition) is 1. The van der Waals surface area contributed by atoms with Gasteiger partial charge < -0.3 is 10.0 Å². The van der Waals surface area contributed by atoms with E-state index in [1.54, 1.807) is 12.1 Å². The normalized spacial score (nSPS) is 16.8. The molecule has 0 amide bonds. The summed E-state index contributed by atoms with van der Waals surface area (Å²) in [4.78, 5) is 12.2. The number of nitro groups is 1. The Kier molecular flexibility index (Phi) is 4.33. The Morgan fingerprint density at radius 3 is 2.50 bits per heavy atom. The van der Waals surface area contributed by atoms with Crippen molar-refractivity contribution in [3.05, 3.63) is 46.0 Å². The molecule has 104 valence electrons. The molecule has 0 atom stereocenters. The highest BCUT2D eigenvalue weighted by molar-refractivity contribution is 5.67. The van der Waals surface area contributed by atoms with Crippen LogP contribution < -0.4 is 0 Å². The molecular formula is C14H15N3O3. The number of hydrogen-bond acceptors (Lipinski definition) is 5. The summed E-state index contributed by atoms with van der Waals surface area (Å²) in [6, 6.07) is 8.16. The second-order valence-electron chi connectivity index (χ2n) is 4.68. The lowest BCUT2D eigenvalue weighted by molar-refractivity contribution is -0.384. The van der Waals surface area contributed by atoms with Crippen molar-refractivity contribution in [3.8, 4) is 6.07 Å². The highest BCUT2D eigenvalue weighted by Gasteiger charge is 2.20. The summed E-state index contributed by atoms with van der Waals surface area (Å²) in [6.45, 7) is 1.34. The van der Waals surface area contributed by atoms with E-state index >= 15 is 0 Å². The molecule has 0 aromatic heterocycles. The molecule has 1 saturated heterocycles. The lowest BCUT2D eigenvalue weighted by atomic mass is 10.0. The van der Waals surface area contributed by atoms with Crippen LogP contribution in [0.25, 0.3) is 5.70 Å². The van der Waals surface area contributed by atoms with Gasteiger partial charge in [0, 0.05) is 31.3 Å². The summed E-state index contributed by atoms with van der Waals surface area (Å²) in [6.07, 6.45) is 2.48. The van der Waals surface area contributed by atoms with Gasteiger partial charge in [0.1, 0.15) is 0 Å². The second kappa shape index (κ2) is 6.17. The monoisotopic (exact) mass is 273 g/mol. The zero-order valence-electron chi connectivity index (χ0n) is 10.9. The summed E-state index contributed by atoms with van der Waals surface area (Å²) in [5, 5.41) is 29.1. The molecule has 0 unspecified atom stereocenters. The molecular weight excluding hydrogens is 258 g/mol. The SMILES string of the molecule is N#C/C=C(\c1ccc([N+](=O)[O-])cc1)N1CCC(O)CC1. The van der Waals surface area contributed by atoms with Gasteiger partial charge in [-0.15, -0.1) is 0 Å². The molecule has 1 heterocycles. The van der Waals surface area contributed by atoms with Crippen LogP contribution in [0.4, 0.5) is 5.69 Å². The Balaban J connectivity index is 2.23. The number of benzene rings is 1. The Bertz CT molecular complexity index is 552. The molecule has 6 heteroatoms. The summed E-state index contributed by atoms with van der Waals surface area (Å²) in [5.74, 6) is 0. The number of aliphatic hydroxyl groups excluding tert-OH is 1. The van der Waals surface area contributed by atoms with Crippen LogP contribution in [0.15, 0.2) is 30.3 Å². The van der Waals surface area contributed by atoms with Crippen molar-refractivity contribution in [3.63, 3.8) is 0 Å². The molecule has 6 nitrogen and oxygen atoms in total. The summed E-state index contributed by atoms with van der Waals surface area (Å²) < 4.78 is 0. The van der Waals surface area contributed by atoms with E-state index in [1.807, 2.05) is 11.0 Å². The number of rotatable bonds is 3. The average molecular weight is 273 g/mol. The van der Waals surface area contributed by atoms with Crippen molar-refractivity contribution in [1.82, 2.24) is 4.90 Å². The van der Waals surface area contributed by atoms with Gasteiger partial charge in [-0.2, -0.15) is 5.26 Å². The summed E-state index contributed by atoms with van der Waals surface area (Å²) >= 11 is 0. The second-order valence-corrected chi connectivity index (χ2v) is 4.68. The van der Waals surface area contributed by atoms with Gasteiger partial charge >= 0.3 is 0 Å². The Morgan fingerprint density at radius 2 is 2.00 bits per heavy atom. The molecule has 1 aliphatic rings. The van der Waals surface area contributed by atoms with Gasteiger partial charge in [-0.1, -0.05) is 0 Å². The van der Waals surface area contributed by atoms with Gasteiger partial charge in [0.05, 0.1) is 22.8 Å². The van der Waals surface area contributed by atoms with Crippen LogP contribution in [-0.2, 0) is 0 Å². The van der Waals surface area contributed by atoms with E-state index in [0.717, 1.165) is 11.3 Å². The quantitative estimate of drug-likeness (QED) is 0.516. The molecule has 1 aromatic rings. The maximum absolute atomic E-state index is 10.6. The lowest BCUT2D eigenvalue weighted by Gasteiger charge is -2.33. The first-order valence-corrected chi connectivity index (χ1v) is 6.39. The Labute approximate surface area is 116 Å². The number of piperidine rings is 1. The largest absolute Gasteiger partial charge is 0.393 e. The number of nitriles is 1. The first-order valence-electron chi connectivity index (χ1n) is 6.39. The average Bonchev–Trinajstić information content (AvgIpc) is 2.46. The zero-order chi connectivity index (χ0) is 14.5. The third-order valence-electron chi connectivity index (χ3n) is 3.38. The number of nitro benzene ring substituents is 1. The van der Waals surface area contributed by atoms with E-state index in [4.69, 9.17) is 5.26 Å². The van der Waals surface area contributed by atoms with Gasteiger partial charge in [-0.05, 0) is 30.5 Å². The van der Waals surface area contributed by atoms with Gasteiger partial charge in [0.25, 0.3) is 5.69 Å². The van der Waals surface area contributed by atoms with Crippen molar-refractivity contribution in [2.75, 3.05) is 13.1 Å². The predicted octanol–water partition coefficient (Wildman–Crippen LogP) is 1.92. The number of nitrogens with zero attached hydrogens (tertiary/aromatic N) is 3. The number of aliphatic hydroxyl groups is 1. The van der Waals surface area contributed by atoms with Gasteiger partial charge in [-0.25, -0.2) is 0 Å². The Morgan fingerprint density at radius 1 is 1.40 bits per heavy atom. The van der Waals surface area contributed by atoms with Crippen LogP contribution >= 0.6 is 0 Å². The fourth-order valence-electron chi connectivity index (χ4n) is 2.28. The van der Waals surface area contributed by atoms with E-state index in [2.05, 4.69) is 0 Å². The fraction of sp³-hybridized carbons (Fsp3) is 0.357. The third kappa shape index (κ3) is 3.13. The smallest absolute Gasteiger partial charge is 0.269 e. The van der Waals surface area contributed by atoms with Crippen molar-refractivity contribution >= 4 is 11.4 Å². The molecule has 20 heavy (non-hydrogen) atoms. The molecule has 0 radical (unpaired) electrons. The number of allylic oxidation sites excluding steroid dienone is 1. The van der Waals surface area contributed by atoms with Gasteiger partial charge in [0.15, 0.2) is 0 Å².